The summed E-state index contributed by atoms with van der Waals surface area (Å²) in [5.41, 5.74) is 7.90. The van der Waals surface area contributed by atoms with Crippen molar-refractivity contribution >= 4 is 15.8 Å². The van der Waals surface area contributed by atoms with Gasteiger partial charge in [0.25, 0.3) is 10.1 Å². The van der Waals surface area contributed by atoms with E-state index >= 15 is 0 Å². The summed E-state index contributed by atoms with van der Waals surface area (Å²) in [6.45, 7) is 0. The first kappa shape index (κ1) is 9.02. The van der Waals surface area contributed by atoms with Crippen LogP contribution in [0.25, 0.3) is 0 Å². The predicted molar refractivity (Wildman–Crippen MR) is 44.5 cm³/mol. The molecule has 5 heteroatoms. The van der Waals surface area contributed by atoms with Crippen LogP contribution < -0.4 is 5.73 Å². The molecule has 1 rings (SSSR count). The molecule has 2 N–H and O–H groups in total. The van der Waals surface area contributed by atoms with Crippen molar-refractivity contribution in [3.05, 3.63) is 29.8 Å². The van der Waals surface area contributed by atoms with E-state index < -0.39 is 15.9 Å². The summed E-state index contributed by atoms with van der Waals surface area (Å²) in [6.07, 6.45) is 0. The number of benzene rings is 1. The van der Waals surface area contributed by atoms with Gasteiger partial charge in [-0.3, -0.25) is 4.55 Å². The second-order valence-electron chi connectivity index (χ2n) is 2.42. The largest absolute Gasteiger partial charge is 0.301 e. The molecule has 0 aliphatic carbocycles. The molecule has 0 saturated carbocycles. The summed E-state index contributed by atoms with van der Waals surface area (Å²) in [7, 11) is -3.95. The van der Waals surface area contributed by atoms with E-state index in [1.807, 2.05) is 0 Å². The van der Waals surface area contributed by atoms with Gasteiger partial charge in [0, 0.05) is 0 Å². The summed E-state index contributed by atoms with van der Waals surface area (Å²) in [5.74, 6) is -0.396. The maximum absolute atomic E-state index is 10.4. The van der Waals surface area contributed by atoms with Gasteiger partial charge in [0.1, 0.15) is 5.75 Å². The molecule has 1 aromatic rings. The van der Waals surface area contributed by atoms with Crippen LogP contribution in [-0.2, 0) is 15.9 Å². The molecule has 0 atom stereocenters. The van der Waals surface area contributed by atoms with Gasteiger partial charge in [0.2, 0.25) is 0 Å². The molecule has 0 spiro atoms. The predicted octanol–water partition coefficient (Wildman–Crippen LogP) is 0.989. The molecule has 0 saturated heterocycles. The molecular weight excluding hydrogens is 178 g/mol. The van der Waals surface area contributed by atoms with Gasteiger partial charge in [-0.05, 0) is 17.7 Å². The van der Waals surface area contributed by atoms with Crippen molar-refractivity contribution in [2.45, 2.75) is 5.75 Å². The van der Waals surface area contributed by atoms with E-state index in [2.05, 4.69) is 0 Å². The highest BCUT2D eigenvalue weighted by Crippen LogP contribution is 2.09. The zero-order valence-corrected chi connectivity index (χ0v) is 7.00. The van der Waals surface area contributed by atoms with Crippen LogP contribution in [0.4, 0.5) is 5.69 Å². The van der Waals surface area contributed by atoms with Gasteiger partial charge in [-0.1, -0.05) is 12.1 Å². The molecule has 0 unspecified atom stereocenters. The normalized spacial score (nSPS) is 11.4. The third-order valence-corrected chi connectivity index (χ3v) is 2.00. The molecule has 0 amide bonds. The highest BCUT2D eigenvalue weighted by Gasteiger charge is 2.05. The van der Waals surface area contributed by atoms with Gasteiger partial charge >= 0.3 is 0 Å². The van der Waals surface area contributed by atoms with Crippen LogP contribution in [0.15, 0.2) is 24.3 Å². The summed E-state index contributed by atoms with van der Waals surface area (Å²) in [4.78, 5) is 0. The van der Waals surface area contributed by atoms with Crippen molar-refractivity contribution in [2.75, 3.05) is 0 Å². The molecule has 4 nitrogen and oxygen atoms in total. The second kappa shape index (κ2) is 3.12. The van der Waals surface area contributed by atoms with Crippen molar-refractivity contribution in [1.29, 1.82) is 0 Å². The number of nitrogens with one attached hydrogen (secondary N) is 1. The Balaban J connectivity index is 2.85. The SMILES string of the molecule is [NH]c1ccc(CS(=O)(=O)O)cc1. The van der Waals surface area contributed by atoms with E-state index in [0.29, 0.717) is 11.3 Å². The Hall–Kier alpha value is -1.07. The third-order valence-electron chi connectivity index (χ3n) is 1.30. The Labute approximate surface area is 70.8 Å². The maximum atomic E-state index is 10.4. The molecule has 0 aliphatic heterocycles. The molecule has 0 bridgehead atoms. The molecule has 0 fully saturated rings. The van der Waals surface area contributed by atoms with Crippen molar-refractivity contribution in [1.82, 2.24) is 5.73 Å². The zero-order valence-electron chi connectivity index (χ0n) is 6.19. The average Bonchev–Trinajstić information content (AvgIpc) is 1.91. The zero-order chi connectivity index (χ0) is 9.19. The summed E-state index contributed by atoms with van der Waals surface area (Å²) >= 11 is 0. The summed E-state index contributed by atoms with van der Waals surface area (Å²) in [5, 5.41) is 0. The lowest BCUT2D eigenvalue weighted by atomic mass is 10.2. The van der Waals surface area contributed by atoms with E-state index in [1.54, 1.807) is 0 Å². The fourth-order valence-corrected chi connectivity index (χ4v) is 1.43. The Morgan fingerprint density at radius 3 is 2.17 bits per heavy atom. The first-order chi connectivity index (χ1) is 5.47. The Morgan fingerprint density at radius 2 is 1.75 bits per heavy atom. The highest BCUT2D eigenvalue weighted by atomic mass is 32.2. The Kier molecular flexibility index (Phi) is 2.35. The summed E-state index contributed by atoms with van der Waals surface area (Å²) < 4.78 is 29.3. The van der Waals surface area contributed by atoms with Gasteiger partial charge in [0.15, 0.2) is 0 Å². The van der Waals surface area contributed by atoms with Crippen molar-refractivity contribution in [2.24, 2.45) is 0 Å². The average molecular weight is 186 g/mol. The van der Waals surface area contributed by atoms with Crippen molar-refractivity contribution in [3.63, 3.8) is 0 Å². The maximum Gasteiger partial charge on any atom is 0.269 e. The Bertz CT molecular complexity index is 355. The molecule has 0 heterocycles. The monoisotopic (exact) mass is 186 g/mol. The molecule has 1 aromatic carbocycles. The van der Waals surface area contributed by atoms with Crippen LogP contribution >= 0.6 is 0 Å². The minimum absolute atomic E-state index is 0.314. The van der Waals surface area contributed by atoms with Crippen LogP contribution in [0.2, 0.25) is 0 Å². The van der Waals surface area contributed by atoms with E-state index in [9.17, 15) is 8.42 Å². The van der Waals surface area contributed by atoms with Crippen LogP contribution in [0.1, 0.15) is 5.56 Å². The molecule has 1 radical (unpaired) electrons. The van der Waals surface area contributed by atoms with Crippen molar-refractivity contribution < 1.29 is 13.0 Å². The molecule has 0 aromatic heterocycles. The lowest BCUT2D eigenvalue weighted by molar-refractivity contribution is 0.482. The lowest BCUT2D eigenvalue weighted by Crippen LogP contribution is -2.00. The fraction of sp³-hybridized carbons (Fsp3) is 0.143. The van der Waals surface area contributed by atoms with Gasteiger partial charge in [-0.2, -0.15) is 8.42 Å². The van der Waals surface area contributed by atoms with Gasteiger partial charge in [-0.15, -0.1) is 0 Å². The number of rotatable bonds is 2. The van der Waals surface area contributed by atoms with E-state index in [1.165, 1.54) is 24.3 Å². The van der Waals surface area contributed by atoms with E-state index in [-0.39, 0.29) is 0 Å². The molecule has 0 aliphatic rings. The first-order valence-corrected chi connectivity index (χ1v) is 4.84. The fourth-order valence-electron chi connectivity index (χ4n) is 0.812. The van der Waals surface area contributed by atoms with Crippen LogP contribution in [-0.4, -0.2) is 13.0 Å². The smallest absolute Gasteiger partial charge is 0.269 e. The minimum atomic E-state index is -3.95. The topological polar surface area (TPSA) is 78.2 Å². The minimum Gasteiger partial charge on any atom is -0.301 e. The van der Waals surface area contributed by atoms with E-state index in [0.717, 1.165) is 0 Å². The quantitative estimate of drug-likeness (QED) is 0.699. The lowest BCUT2D eigenvalue weighted by Gasteiger charge is -1.97. The van der Waals surface area contributed by atoms with Crippen LogP contribution in [0, 0.1) is 0 Å². The number of hydrogen-bond donors (Lipinski definition) is 1. The third kappa shape index (κ3) is 2.89. The van der Waals surface area contributed by atoms with Crippen LogP contribution in [0.3, 0.4) is 0 Å². The van der Waals surface area contributed by atoms with Crippen LogP contribution in [0.5, 0.6) is 0 Å². The molecule has 12 heavy (non-hydrogen) atoms. The van der Waals surface area contributed by atoms with Gasteiger partial charge < -0.3 is 5.73 Å². The highest BCUT2D eigenvalue weighted by molar-refractivity contribution is 7.85. The van der Waals surface area contributed by atoms with Crippen molar-refractivity contribution in [3.8, 4) is 0 Å². The van der Waals surface area contributed by atoms with Gasteiger partial charge in [-0.25, -0.2) is 0 Å². The first-order valence-electron chi connectivity index (χ1n) is 3.23. The summed E-state index contributed by atoms with van der Waals surface area (Å²) in [6, 6.07) is 5.94. The molecule has 65 valence electrons. The Morgan fingerprint density at radius 1 is 1.25 bits per heavy atom. The standard InChI is InChI=1S/C7H8NO3S/c8-7-3-1-6(2-4-7)5-12(9,10)11/h1-4,8H,5H2,(H,9,10,11). The van der Waals surface area contributed by atoms with E-state index in [4.69, 9.17) is 10.3 Å². The van der Waals surface area contributed by atoms with Gasteiger partial charge in [0.05, 0.1) is 5.69 Å². The number of hydrogen-bond acceptors (Lipinski definition) is 2. The second-order valence-corrected chi connectivity index (χ2v) is 3.88. The molecular formula is C7H8NO3S.